The molecule has 0 radical (unpaired) electrons. The van der Waals surface area contributed by atoms with Crippen molar-refractivity contribution in [2.24, 2.45) is 0 Å². The summed E-state index contributed by atoms with van der Waals surface area (Å²) < 4.78 is 5.62. The van der Waals surface area contributed by atoms with E-state index >= 15 is 0 Å². The van der Waals surface area contributed by atoms with Gasteiger partial charge < -0.3 is 10.1 Å². The molecule has 0 unspecified atom stereocenters. The van der Waals surface area contributed by atoms with Gasteiger partial charge in [0.05, 0.1) is 6.61 Å². The highest BCUT2D eigenvalue weighted by atomic mass is 16.5. The Morgan fingerprint density at radius 3 is 2.65 bits per heavy atom. The smallest absolute Gasteiger partial charge is 0.255 e. The molecular formula is C20H23NO2. The molecule has 0 heterocycles. The topological polar surface area (TPSA) is 38.3 Å². The fraction of sp³-hybridized carbons (Fsp3) is 0.350. The predicted molar refractivity (Wildman–Crippen MR) is 93.3 cm³/mol. The third-order valence-electron chi connectivity index (χ3n) is 4.24. The van der Waals surface area contributed by atoms with Gasteiger partial charge in [-0.15, -0.1) is 0 Å². The molecule has 1 N–H and O–H groups in total. The second kappa shape index (κ2) is 7.32. The number of hydrogen-bond acceptors (Lipinski definition) is 2. The van der Waals surface area contributed by atoms with Crippen molar-refractivity contribution >= 4 is 11.6 Å². The Kier molecular flexibility index (Phi) is 4.96. The van der Waals surface area contributed by atoms with Gasteiger partial charge in [0.15, 0.2) is 0 Å². The highest BCUT2D eigenvalue weighted by Crippen LogP contribution is 2.25. The molecule has 2 aromatic carbocycles. The predicted octanol–water partition coefficient (Wildman–Crippen LogP) is 4.61. The van der Waals surface area contributed by atoms with Crippen molar-refractivity contribution in [2.75, 3.05) is 11.9 Å². The van der Waals surface area contributed by atoms with E-state index in [9.17, 15) is 4.79 Å². The number of hydrogen-bond donors (Lipinski definition) is 1. The van der Waals surface area contributed by atoms with Crippen molar-refractivity contribution in [1.29, 1.82) is 0 Å². The van der Waals surface area contributed by atoms with E-state index in [0.29, 0.717) is 5.56 Å². The first-order valence-corrected chi connectivity index (χ1v) is 8.42. The number of benzene rings is 2. The van der Waals surface area contributed by atoms with Crippen LogP contribution < -0.4 is 10.1 Å². The lowest BCUT2D eigenvalue weighted by Gasteiger charge is -2.09. The summed E-state index contributed by atoms with van der Waals surface area (Å²) in [7, 11) is 0. The van der Waals surface area contributed by atoms with Crippen LogP contribution in [0.15, 0.2) is 42.5 Å². The Hall–Kier alpha value is -2.29. The fourth-order valence-electron chi connectivity index (χ4n) is 2.89. The van der Waals surface area contributed by atoms with Crippen LogP contribution >= 0.6 is 0 Å². The number of unbranched alkanes of at least 4 members (excludes halogenated alkanes) is 1. The number of carbonyl (C=O) groups is 1. The van der Waals surface area contributed by atoms with Crippen molar-refractivity contribution in [3.05, 3.63) is 59.2 Å². The molecule has 120 valence electrons. The largest absolute Gasteiger partial charge is 0.494 e. The van der Waals surface area contributed by atoms with Crippen LogP contribution in [0.4, 0.5) is 5.69 Å². The Morgan fingerprint density at radius 2 is 1.87 bits per heavy atom. The molecule has 1 amide bonds. The Labute approximate surface area is 137 Å². The molecule has 23 heavy (non-hydrogen) atoms. The van der Waals surface area contributed by atoms with Gasteiger partial charge in [0.1, 0.15) is 5.75 Å². The molecule has 0 aromatic heterocycles. The van der Waals surface area contributed by atoms with Crippen molar-refractivity contribution in [2.45, 2.75) is 39.0 Å². The van der Waals surface area contributed by atoms with E-state index < -0.39 is 0 Å². The van der Waals surface area contributed by atoms with Gasteiger partial charge >= 0.3 is 0 Å². The molecular weight excluding hydrogens is 286 g/mol. The summed E-state index contributed by atoms with van der Waals surface area (Å²) in [5.41, 5.74) is 4.30. The Bertz CT molecular complexity index is 677. The van der Waals surface area contributed by atoms with Crippen molar-refractivity contribution in [3.63, 3.8) is 0 Å². The number of carbonyl (C=O) groups excluding carboxylic acids is 1. The highest BCUT2D eigenvalue weighted by molar-refractivity contribution is 6.04. The Balaban J connectivity index is 1.61. The molecule has 0 fully saturated rings. The summed E-state index contributed by atoms with van der Waals surface area (Å²) >= 11 is 0. The van der Waals surface area contributed by atoms with Gasteiger partial charge in [0, 0.05) is 11.3 Å². The summed E-state index contributed by atoms with van der Waals surface area (Å²) in [6, 6.07) is 13.5. The number of aryl methyl sites for hydroxylation is 2. The van der Waals surface area contributed by atoms with Gasteiger partial charge in [-0.2, -0.15) is 0 Å². The third kappa shape index (κ3) is 3.92. The van der Waals surface area contributed by atoms with Gasteiger partial charge in [-0.1, -0.05) is 19.4 Å². The van der Waals surface area contributed by atoms with E-state index in [1.165, 1.54) is 17.5 Å². The van der Waals surface area contributed by atoms with Crippen LogP contribution in [0.1, 0.15) is 47.7 Å². The van der Waals surface area contributed by atoms with E-state index in [1.54, 1.807) is 0 Å². The lowest BCUT2D eigenvalue weighted by molar-refractivity contribution is 0.102. The molecule has 0 spiro atoms. The zero-order valence-corrected chi connectivity index (χ0v) is 13.6. The molecule has 1 aliphatic carbocycles. The van der Waals surface area contributed by atoms with Gasteiger partial charge in [-0.05, 0) is 73.2 Å². The number of rotatable bonds is 6. The van der Waals surface area contributed by atoms with E-state index in [1.807, 2.05) is 30.3 Å². The molecule has 2 aromatic rings. The minimum Gasteiger partial charge on any atom is -0.494 e. The lowest BCUT2D eigenvalue weighted by atomic mass is 10.1. The third-order valence-corrected chi connectivity index (χ3v) is 4.24. The van der Waals surface area contributed by atoms with Crippen LogP contribution in [0, 0.1) is 0 Å². The van der Waals surface area contributed by atoms with Crippen LogP contribution in [0.3, 0.4) is 0 Å². The normalized spacial score (nSPS) is 12.7. The molecule has 0 atom stereocenters. The molecule has 0 bridgehead atoms. The number of anilines is 1. The molecule has 0 saturated carbocycles. The number of amides is 1. The van der Waals surface area contributed by atoms with Gasteiger partial charge in [0.2, 0.25) is 0 Å². The zero-order chi connectivity index (χ0) is 16.1. The zero-order valence-electron chi connectivity index (χ0n) is 13.6. The fourth-order valence-corrected chi connectivity index (χ4v) is 2.89. The molecule has 0 saturated heterocycles. The standard InChI is InChI=1S/C20H23NO2/c1-2-3-13-23-19-11-8-16(9-12-19)20(22)21-18-10-7-15-5-4-6-17(15)14-18/h7-12,14H,2-6,13H2,1H3,(H,21,22). The molecule has 3 heteroatoms. The summed E-state index contributed by atoms with van der Waals surface area (Å²) in [5.74, 6) is 0.732. The second-order valence-corrected chi connectivity index (χ2v) is 6.02. The first-order valence-electron chi connectivity index (χ1n) is 8.42. The lowest BCUT2D eigenvalue weighted by Crippen LogP contribution is -2.12. The summed E-state index contributed by atoms with van der Waals surface area (Å²) in [6.07, 6.45) is 5.64. The van der Waals surface area contributed by atoms with E-state index in [0.717, 1.165) is 43.7 Å². The maximum absolute atomic E-state index is 12.3. The van der Waals surface area contributed by atoms with Crippen LogP contribution in [-0.2, 0) is 12.8 Å². The maximum atomic E-state index is 12.3. The second-order valence-electron chi connectivity index (χ2n) is 6.02. The molecule has 3 rings (SSSR count). The van der Waals surface area contributed by atoms with E-state index in [-0.39, 0.29) is 5.91 Å². The van der Waals surface area contributed by atoms with Crippen LogP contribution in [0.2, 0.25) is 0 Å². The first kappa shape index (κ1) is 15.6. The molecule has 3 nitrogen and oxygen atoms in total. The molecule has 0 aliphatic heterocycles. The number of ether oxygens (including phenoxy) is 1. The number of nitrogens with one attached hydrogen (secondary N) is 1. The van der Waals surface area contributed by atoms with Crippen LogP contribution in [-0.4, -0.2) is 12.5 Å². The van der Waals surface area contributed by atoms with Crippen molar-refractivity contribution in [3.8, 4) is 5.75 Å². The average Bonchev–Trinajstić information content (AvgIpc) is 3.03. The highest BCUT2D eigenvalue weighted by Gasteiger charge is 2.12. The Morgan fingerprint density at radius 1 is 1.09 bits per heavy atom. The summed E-state index contributed by atoms with van der Waals surface area (Å²) in [4.78, 5) is 12.3. The quantitative estimate of drug-likeness (QED) is 0.792. The van der Waals surface area contributed by atoms with Crippen LogP contribution in [0.25, 0.3) is 0 Å². The monoisotopic (exact) mass is 309 g/mol. The molecule has 1 aliphatic rings. The van der Waals surface area contributed by atoms with Gasteiger partial charge in [-0.3, -0.25) is 4.79 Å². The average molecular weight is 309 g/mol. The minimum absolute atomic E-state index is 0.0805. The maximum Gasteiger partial charge on any atom is 0.255 e. The van der Waals surface area contributed by atoms with Gasteiger partial charge in [0.25, 0.3) is 5.91 Å². The minimum atomic E-state index is -0.0805. The summed E-state index contributed by atoms with van der Waals surface area (Å²) in [5, 5.41) is 2.98. The van der Waals surface area contributed by atoms with E-state index in [4.69, 9.17) is 4.74 Å². The van der Waals surface area contributed by atoms with E-state index in [2.05, 4.69) is 24.4 Å². The first-order chi connectivity index (χ1) is 11.3. The van der Waals surface area contributed by atoms with Crippen LogP contribution in [0.5, 0.6) is 5.75 Å². The van der Waals surface area contributed by atoms with Gasteiger partial charge in [-0.25, -0.2) is 0 Å². The summed E-state index contributed by atoms with van der Waals surface area (Å²) in [6.45, 7) is 2.85. The SMILES string of the molecule is CCCCOc1ccc(C(=O)Nc2ccc3c(c2)CCC3)cc1. The van der Waals surface area contributed by atoms with Crippen molar-refractivity contribution < 1.29 is 9.53 Å². The van der Waals surface area contributed by atoms with Crippen molar-refractivity contribution in [1.82, 2.24) is 0 Å². The number of fused-ring (bicyclic) bond motifs is 1.